The third kappa shape index (κ3) is 3.21. The molecule has 6 nitrogen and oxygen atoms in total. The first-order valence-electron chi connectivity index (χ1n) is 7.98. The fourth-order valence-electron chi connectivity index (χ4n) is 3.22. The molecule has 3 heterocycles. The van der Waals surface area contributed by atoms with Crippen LogP contribution >= 0.6 is 0 Å². The molecule has 0 saturated carbocycles. The molecule has 2 atom stereocenters. The maximum atomic E-state index is 12.3. The second-order valence-corrected chi connectivity index (χ2v) is 6.10. The van der Waals surface area contributed by atoms with Crippen molar-refractivity contribution in [2.24, 2.45) is 0 Å². The molecule has 0 bridgehead atoms. The smallest absolute Gasteiger partial charge is 0.359 e. The van der Waals surface area contributed by atoms with Gasteiger partial charge in [-0.3, -0.25) is 4.79 Å². The predicted molar refractivity (Wildman–Crippen MR) is 85.1 cm³/mol. The molecule has 1 amide bonds. The summed E-state index contributed by atoms with van der Waals surface area (Å²) in [4.78, 5) is 30.5. The number of imidazole rings is 1. The zero-order valence-electron chi connectivity index (χ0n) is 13.4. The monoisotopic (exact) mass is 315 g/mol. The lowest BCUT2D eigenvalue weighted by molar-refractivity contribution is -0.140. The number of nitrogens with zero attached hydrogens (tertiary/aromatic N) is 3. The molecule has 1 aliphatic rings. The summed E-state index contributed by atoms with van der Waals surface area (Å²) in [6.45, 7) is 3.84. The molecule has 0 spiro atoms. The zero-order chi connectivity index (χ0) is 16.4. The normalized spacial score (nSPS) is 21.4. The lowest BCUT2D eigenvalue weighted by atomic mass is 9.97. The van der Waals surface area contributed by atoms with Gasteiger partial charge in [0.05, 0.1) is 0 Å². The van der Waals surface area contributed by atoms with Gasteiger partial charge in [-0.1, -0.05) is 6.07 Å². The van der Waals surface area contributed by atoms with Gasteiger partial charge >= 0.3 is 5.97 Å². The van der Waals surface area contributed by atoms with Crippen LogP contribution in [0.15, 0.2) is 30.6 Å². The molecule has 1 saturated heterocycles. The summed E-state index contributed by atoms with van der Waals surface area (Å²) in [6, 6.07) is 5.89. The van der Waals surface area contributed by atoms with E-state index in [0.29, 0.717) is 5.65 Å². The number of amides is 1. The SMILES string of the molecule is C[C@@H]1CCC[C@@H](C)N1C(=O)COC(=O)c1cn2ccccc2n1. The summed E-state index contributed by atoms with van der Waals surface area (Å²) in [5.41, 5.74) is 0.882. The molecule has 2 aromatic rings. The van der Waals surface area contributed by atoms with Crippen LogP contribution < -0.4 is 0 Å². The Bertz CT molecular complexity index is 682. The Morgan fingerprint density at radius 2 is 2.00 bits per heavy atom. The molecule has 0 N–H and O–H groups in total. The van der Waals surface area contributed by atoms with E-state index in [4.69, 9.17) is 4.74 Å². The Balaban J connectivity index is 1.63. The number of likely N-dealkylation sites (tertiary alicyclic amines) is 1. The summed E-state index contributed by atoms with van der Waals surface area (Å²) in [7, 11) is 0. The highest BCUT2D eigenvalue weighted by molar-refractivity contribution is 5.90. The first-order chi connectivity index (χ1) is 11.1. The topological polar surface area (TPSA) is 63.9 Å². The van der Waals surface area contributed by atoms with Crippen molar-refractivity contribution in [2.75, 3.05) is 6.61 Å². The molecule has 122 valence electrons. The Labute approximate surface area is 135 Å². The highest BCUT2D eigenvalue weighted by atomic mass is 16.5. The first kappa shape index (κ1) is 15.5. The van der Waals surface area contributed by atoms with Crippen molar-refractivity contribution < 1.29 is 14.3 Å². The minimum atomic E-state index is -0.570. The second-order valence-electron chi connectivity index (χ2n) is 6.10. The lowest BCUT2D eigenvalue weighted by Crippen LogP contribution is -2.49. The van der Waals surface area contributed by atoms with Gasteiger partial charge in [0.25, 0.3) is 5.91 Å². The van der Waals surface area contributed by atoms with Crippen LogP contribution in [-0.2, 0) is 9.53 Å². The van der Waals surface area contributed by atoms with Gasteiger partial charge < -0.3 is 14.0 Å². The number of fused-ring (bicyclic) bond motifs is 1. The van der Waals surface area contributed by atoms with E-state index in [1.807, 2.05) is 30.9 Å². The lowest BCUT2D eigenvalue weighted by Gasteiger charge is -2.38. The third-order valence-electron chi connectivity index (χ3n) is 4.38. The molecule has 0 aromatic carbocycles. The molecule has 0 radical (unpaired) electrons. The number of carbonyl (C=O) groups excluding carboxylic acids is 2. The highest BCUT2D eigenvalue weighted by Crippen LogP contribution is 2.22. The highest BCUT2D eigenvalue weighted by Gasteiger charge is 2.29. The van der Waals surface area contributed by atoms with Gasteiger partial charge in [-0.05, 0) is 45.2 Å². The molecular formula is C17H21N3O3. The number of ether oxygens (including phenoxy) is 1. The molecule has 3 rings (SSSR count). The van der Waals surface area contributed by atoms with E-state index in [0.717, 1.165) is 19.3 Å². The van der Waals surface area contributed by atoms with E-state index in [1.54, 1.807) is 22.9 Å². The van der Waals surface area contributed by atoms with Gasteiger partial charge in [0.15, 0.2) is 12.3 Å². The summed E-state index contributed by atoms with van der Waals surface area (Å²) in [5.74, 6) is -0.707. The summed E-state index contributed by atoms with van der Waals surface area (Å²) < 4.78 is 6.91. The third-order valence-corrected chi connectivity index (χ3v) is 4.38. The Morgan fingerprint density at radius 3 is 2.70 bits per heavy atom. The van der Waals surface area contributed by atoms with Crippen LogP contribution in [-0.4, -0.2) is 44.9 Å². The van der Waals surface area contributed by atoms with E-state index in [-0.39, 0.29) is 30.3 Å². The van der Waals surface area contributed by atoms with Crippen molar-refractivity contribution in [1.29, 1.82) is 0 Å². The molecular weight excluding hydrogens is 294 g/mol. The standard InChI is InChI=1S/C17H21N3O3/c1-12-6-5-7-13(2)20(12)16(21)11-23-17(22)14-10-19-9-4-3-8-15(19)18-14/h3-4,8-10,12-13H,5-7,11H2,1-2H3/t12-,13-/m1/s1. The van der Waals surface area contributed by atoms with Crippen molar-refractivity contribution >= 4 is 17.5 Å². The number of hydrogen-bond donors (Lipinski definition) is 0. The fourth-order valence-corrected chi connectivity index (χ4v) is 3.22. The van der Waals surface area contributed by atoms with Crippen LogP contribution in [0.4, 0.5) is 0 Å². The number of carbonyl (C=O) groups is 2. The van der Waals surface area contributed by atoms with E-state index in [2.05, 4.69) is 4.98 Å². The van der Waals surface area contributed by atoms with Gasteiger partial charge in [-0.2, -0.15) is 0 Å². The van der Waals surface area contributed by atoms with Crippen LogP contribution in [0.1, 0.15) is 43.6 Å². The van der Waals surface area contributed by atoms with Crippen LogP contribution in [0.5, 0.6) is 0 Å². The summed E-state index contributed by atoms with van der Waals surface area (Å²) >= 11 is 0. The fraction of sp³-hybridized carbons (Fsp3) is 0.471. The molecule has 2 aromatic heterocycles. The maximum Gasteiger partial charge on any atom is 0.359 e. The number of hydrogen-bond acceptors (Lipinski definition) is 4. The second kappa shape index (κ2) is 6.40. The van der Waals surface area contributed by atoms with Crippen molar-refractivity contribution in [3.8, 4) is 0 Å². The molecule has 23 heavy (non-hydrogen) atoms. The van der Waals surface area contributed by atoms with Crippen molar-refractivity contribution in [1.82, 2.24) is 14.3 Å². The average molecular weight is 315 g/mol. The molecule has 1 aliphatic heterocycles. The first-order valence-corrected chi connectivity index (χ1v) is 7.98. The minimum absolute atomic E-state index is 0.137. The Hall–Kier alpha value is -2.37. The van der Waals surface area contributed by atoms with Crippen LogP contribution in [0, 0.1) is 0 Å². The molecule has 6 heteroatoms. The van der Waals surface area contributed by atoms with E-state index < -0.39 is 5.97 Å². The summed E-state index contributed by atoms with van der Waals surface area (Å²) in [6.07, 6.45) is 6.54. The van der Waals surface area contributed by atoms with Gasteiger partial charge in [0.1, 0.15) is 5.65 Å². The van der Waals surface area contributed by atoms with Gasteiger partial charge in [-0.25, -0.2) is 9.78 Å². The van der Waals surface area contributed by atoms with Crippen LogP contribution in [0.3, 0.4) is 0 Å². The van der Waals surface area contributed by atoms with Gasteiger partial charge in [0, 0.05) is 24.5 Å². The van der Waals surface area contributed by atoms with Crippen LogP contribution in [0.2, 0.25) is 0 Å². The number of piperidine rings is 1. The largest absolute Gasteiger partial charge is 0.451 e. The summed E-state index contributed by atoms with van der Waals surface area (Å²) in [5, 5.41) is 0. The molecule has 0 aliphatic carbocycles. The molecule has 1 fully saturated rings. The Morgan fingerprint density at radius 1 is 1.26 bits per heavy atom. The van der Waals surface area contributed by atoms with Crippen LogP contribution in [0.25, 0.3) is 5.65 Å². The van der Waals surface area contributed by atoms with Crippen molar-refractivity contribution in [2.45, 2.75) is 45.2 Å². The van der Waals surface area contributed by atoms with Gasteiger partial charge in [0.2, 0.25) is 0 Å². The quantitative estimate of drug-likeness (QED) is 0.815. The van der Waals surface area contributed by atoms with E-state index in [9.17, 15) is 9.59 Å². The Kier molecular flexibility index (Phi) is 4.32. The van der Waals surface area contributed by atoms with Crippen molar-refractivity contribution in [3.63, 3.8) is 0 Å². The molecule has 0 unspecified atom stereocenters. The van der Waals surface area contributed by atoms with E-state index in [1.165, 1.54) is 0 Å². The number of rotatable bonds is 3. The average Bonchev–Trinajstić information content (AvgIpc) is 2.96. The minimum Gasteiger partial charge on any atom is -0.451 e. The van der Waals surface area contributed by atoms with Crippen molar-refractivity contribution in [3.05, 3.63) is 36.3 Å². The zero-order valence-corrected chi connectivity index (χ0v) is 13.4. The number of aromatic nitrogens is 2. The number of esters is 1. The number of pyridine rings is 1. The van der Waals surface area contributed by atoms with Gasteiger partial charge in [-0.15, -0.1) is 0 Å². The van der Waals surface area contributed by atoms with E-state index >= 15 is 0 Å². The maximum absolute atomic E-state index is 12.3. The predicted octanol–water partition coefficient (Wildman–Crippen LogP) is 2.28.